The summed E-state index contributed by atoms with van der Waals surface area (Å²) in [5.74, 6) is 1.22. The van der Waals surface area contributed by atoms with Crippen molar-refractivity contribution in [3.63, 3.8) is 0 Å². The third-order valence-corrected chi connectivity index (χ3v) is 5.84. The average Bonchev–Trinajstić information content (AvgIpc) is 2.79. The molecule has 100 valence electrons. The van der Waals surface area contributed by atoms with Crippen molar-refractivity contribution in [1.29, 1.82) is 0 Å². The molecule has 0 spiro atoms. The number of rotatable bonds is 4. The number of nitrogens with one attached hydrogen (secondary N) is 1. The lowest BCUT2D eigenvalue weighted by atomic mass is 10.1. The summed E-state index contributed by atoms with van der Waals surface area (Å²) in [7, 11) is 2.68. The van der Waals surface area contributed by atoms with Crippen molar-refractivity contribution in [2.75, 3.05) is 14.2 Å². The van der Waals surface area contributed by atoms with Crippen LogP contribution in [-0.4, -0.2) is 29.7 Å². The molecule has 1 saturated carbocycles. The first-order chi connectivity index (χ1) is 8.67. The third kappa shape index (κ3) is 2.59. The van der Waals surface area contributed by atoms with Gasteiger partial charge in [-0.25, -0.2) is 0 Å². The molecule has 0 aliphatic heterocycles. The summed E-state index contributed by atoms with van der Waals surface area (Å²) in [6.07, 6.45) is 2.13. The molecular formula is C14H21NO2S. The molecule has 0 saturated heterocycles. The topological polar surface area (TPSA) is 38.3 Å². The Bertz CT molecular complexity index is 436. The lowest BCUT2D eigenvalue weighted by Crippen LogP contribution is -2.32. The Morgan fingerprint density at radius 2 is 2.17 bits per heavy atom. The van der Waals surface area contributed by atoms with Crippen molar-refractivity contribution < 1.29 is 8.95 Å². The Kier molecular flexibility index (Phi) is 4.40. The summed E-state index contributed by atoms with van der Waals surface area (Å²) < 4.78 is 17.8. The van der Waals surface area contributed by atoms with Crippen LogP contribution in [0.3, 0.4) is 0 Å². The fraction of sp³-hybridized carbons (Fsp3) is 0.571. The Morgan fingerprint density at radius 1 is 1.39 bits per heavy atom. The van der Waals surface area contributed by atoms with E-state index in [2.05, 4.69) is 12.2 Å². The van der Waals surface area contributed by atoms with Gasteiger partial charge < -0.3 is 10.1 Å². The summed E-state index contributed by atoms with van der Waals surface area (Å²) >= 11 is 0. The first-order valence-electron chi connectivity index (χ1n) is 6.39. The minimum Gasteiger partial charge on any atom is -0.497 e. The van der Waals surface area contributed by atoms with Crippen LogP contribution in [0.15, 0.2) is 29.2 Å². The van der Waals surface area contributed by atoms with E-state index >= 15 is 0 Å². The Hall–Kier alpha value is -0.870. The Morgan fingerprint density at radius 3 is 2.78 bits per heavy atom. The van der Waals surface area contributed by atoms with E-state index in [1.54, 1.807) is 7.11 Å². The standard InChI is InChI=1S/C14H21NO2S/c1-10-13(15-2)7-8-14(10)18(16)12-6-4-5-11(9-12)17-3/h4-6,9-10,13-15H,7-8H2,1-3H3. The van der Waals surface area contributed by atoms with E-state index < -0.39 is 10.8 Å². The lowest BCUT2D eigenvalue weighted by Gasteiger charge is -2.20. The molecule has 0 amide bonds. The molecule has 4 heteroatoms. The van der Waals surface area contributed by atoms with Crippen molar-refractivity contribution in [1.82, 2.24) is 5.32 Å². The second-order valence-corrected chi connectivity index (χ2v) is 6.52. The second kappa shape index (κ2) is 5.85. The Labute approximate surface area is 111 Å². The molecule has 0 heterocycles. The highest BCUT2D eigenvalue weighted by Gasteiger charge is 2.36. The van der Waals surface area contributed by atoms with Gasteiger partial charge in [-0.15, -0.1) is 0 Å². The van der Waals surface area contributed by atoms with Gasteiger partial charge >= 0.3 is 0 Å². The van der Waals surface area contributed by atoms with Gasteiger partial charge in [0.2, 0.25) is 0 Å². The number of hydrogen-bond acceptors (Lipinski definition) is 3. The quantitative estimate of drug-likeness (QED) is 0.909. The van der Waals surface area contributed by atoms with E-state index in [0.29, 0.717) is 12.0 Å². The molecule has 1 aliphatic rings. The van der Waals surface area contributed by atoms with Gasteiger partial charge in [-0.2, -0.15) is 0 Å². The molecule has 0 bridgehead atoms. The fourth-order valence-electron chi connectivity index (χ4n) is 2.74. The molecule has 0 aromatic heterocycles. The van der Waals surface area contributed by atoms with Crippen LogP contribution in [0.5, 0.6) is 5.75 Å². The number of benzene rings is 1. The van der Waals surface area contributed by atoms with Gasteiger partial charge in [-0.3, -0.25) is 4.21 Å². The van der Waals surface area contributed by atoms with Gasteiger partial charge in [0, 0.05) is 16.2 Å². The number of ether oxygens (including phenoxy) is 1. The summed E-state index contributed by atoms with van der Waals surface area (Å²) in [4.78, 5) is 0.878. The van der Waals surface area contributed by atoms with E-state index in [1.165, 1.54) is 0 Å². The van der Waals surface area contributed by atoms with Crippen molar-refractivity contribution in [3.8, 4) is 5.75 Å². The van der Waals surface area contributed by atoms with E-state index in [0.717, 1.165) is 23.5 Å². The smallest absolute Gasteiger partial charge is 0.120 e. The predicted molar refractivity (Wildman–Crippen MR) is 74.4 cm³/mol. The first-order valence-corrected chi connectivity index (χ1v) is 7.60. The highest BCUT2D eigenvalue weighted by atomic mass is 32.2. The maximum Gasteiger partial charge on any atom is 0.120 e. The van der Waals surface area contributed by atoms with E-state index in [9.17, 15) is 4.21 Å². The third-order valence-electron chi connectivity index (χ3n) is 3.90. The molecule has 2 rings (SSSR count). The molecular weight excluding hydrogens is 246 g/mol. The molecule has 1 aromatic rings. The van der Waals surface area contributed by atoms with Gasteiger partial charge in [-0.05, 0) is 44.0 Å². The molecule has 1 fully saturated rings. The van der Waals surface area contributed by atoms with Crippen LogP contribution in [0.2, 0.25) is 0 Å². The van der Waals surface area contributed by atoms with Crippen molar-refractivity contribution in [3.05, 3.63) is 24.3 Å². The van der Waals surface area contributed by atoms with Crippen molar-refractivity contribution in [2.45, 2.75) is 36.0 Å². The van der Waals surface area contributed by atoms with Crippen LogP contribution in [0.4, 0.5) is 0 Å². The summed E-state index contributed by atoms with van der Waals surface area (Å²) in [5.41, 5.74) is 0. The van der Waals surface area contributed by atoms with Crippen LogP contribution in [-0.2, 0) is 10.8 Å². The summed E-state index contributed by atoms with van der Waals surface area (Å²) in [5, 5.41) is 3.56. The van der Waals surface area contributed by atoms with Crippen molar-refractivity contribution >= 4 is 10.8 Å². The molecule has 18 heavy (non-hydrogen) atoms. The van der Waals surface area contributed by atoms with Crippen LogP contribution >= 0.6 is 0 Å². The van der Waals surface area contributed by atoms with Gasteiger partial charge in [-0.1, -0.05) is 13.0 Å². The number of methoxy groups -OCH3 is 1. The molecule has 4 atom stereocenters. The first kappa shape index (κ1) is 13.6. The average molecular weight is 267 g/mol. The Balaban J connectivity index is 2.16. The molecule has 4 unspecified atom stereocenters. The maximum atomic E-state index is 12.6. The minimum absolute atomic E-state index is 0.245. The number of hydrogen-bond donors (Lipinski definition) is 1. The van der Waals surface area contributed by atoms with Gasteiger partial charge in [0.25, 0.3) is 0 Å². The largest absolute Gasteiger partial charge is 0.497 e. The monoisotopic (exact) mass is 267 g/mol. The maximum absolute atomic E-state index is 12.6. The van der Waals surface area contributed by atoms with E-state index in [4.69, 9.17) is 4.74 Å². The normalized spacial score (nSPS) is 29.2. The summed E-state index contributed by atoms with van der Waals surface area (Å²) in [6, 6.07) is 8.09. The van der Waals surface area contributed by atoms with Gasteiger partial charge in [0.15, 0.2) is 0 Å². The van der Waals surface area contributed by atoms with Gasteiger partial charge in [0.1, 0.15) is 5.75 Å². The van der Waals surface area contributed by atoms with E-state index in [-0.39, 0.29) is 5.25 Å². The SMILES string of the molecule is CNC1CCC(S(=O)c2cccc(OC)c2)C1C. The zero-order chi connectivity index (χ0) is 13.1. The lowest BCUT2D eigenvalue weighted by molar-refractivity contribution is 0.413. The second-order valence-electron chi connectivity index (χ2n) is 4.85. The van der Waals surface area contributed by atoms with Crippen LogP contribution in [0.25, 0.3) is 0 Å². The highest BCUT2D eigenvalue weighted by molar-refractivity contribution is 7.85. The van der Waals surface area contributed by atoms with Crippen molar-refractivity contribution in [2.24, 2.45) is 5.92 Å². The molecule has 1 aliphatic carbocycles. The molecule has 3 nitrogen and oxygen atoms in total. The van der Waals surface area contributed by atoms with Crippen LogP contribution < -0.4 is 10.1 Å². The van der Waals surface area contributed by atoms with E-state index in [1.807, 2.05) is 31.3 Å². The van der Waals surface area contributed by atoms with Crippen LogP contribution in [0, 0.1) is 5.92 Å². The minimum atomic E-state index is -0.943. The molecule has 1 aromatic carbocycles. The van der Waals surface area contributed by atoms with Crippen LogP contribution in [0.1, 0.15) is 19.8 Å². The highest BCUT2D eigenvalue weighted by Crippen LogP contribution is 2.33. The fourth-order valence-corrected chi connectivity index (χ4v) is 4.46. The zero-order valence-corrected chi connectivity index (χ0v) is 12.0. The zero-order valence-electron chi connectivity index (χ0n) is 11.2. The molecule has 1 N–H and O–H groups in total. The predicted octanol–water partition coefficient (Wildman–Crippen LogP) is 2.19. The molecule has 0 radical (unpaired) electrons. The summed E-state index contributed by atoms with van der Waals surface area (Å²) in [6.45, 7) is 2.19. The van der Waals surface area contributed by atoms with Gasteiger partial charge in [0.05, 0.1) is 17.9 Å².